The van der Waals surface area contributed by atoms with E-state index in [0.717, 1.165) is 18.8 Å². The predicted molar refractivity (Wildman–Crippen MR) is 74.7 cm³/mol. The lowest BCUT2D eigenvalue weighted by Crippen LogP contribution is -2.40. The van der Waals surface area contributed by atoms with Crippen LogP contribution in [0.15, 0.2) is 12.5 Å². The van der Waals surface area contributed by atoms with E-state index < -0.39 is 0 Å². The van der Waals surface area contributed by atoms with Gasteiger partial charge in [-0.3, -0.25) is 4.79 Å². The summed E-state index contributed by atoms with van der Waals surface area (Å²) in [6, 6.07) is 0.290. The zero-order chi connectivity index (χ0) is 13.8. The Morgan fingerprint density at radius 3 is 2.95 bits per heavy atom. The minimum absolute atomic E-state index is 0.0671. The molecule has 5 nitrogen and oxygen atoms in total. The van der Waals surface area contributed by atoms with Crippen molar-refractivity contribution in [1.82, 2.24) is 14.9 Å². The molecule has 1 aromatic rings. The van der Waals surface area contributed by atoms with Gasteiger partial charge in [0.1, 0.15) is 5.69 Å². The molecule has 5 heteroatoms. The number of carbonyl (C=O) groups excluding carboxylic acids is 1. The molecule has 0 aromatic carbocycles. The number of amides is 1. The minimum atomic E-state index is -0.0671. The van der Waals surface area contributed by atoms with Crippen LogP contribution in [0.2, 0.25) is 0 Å². The lowest BCUT2D eigenvalue weighted by atomic mass is 9.79. The van der Waals surface area contributed by atoms with Crippen molar-refractivity contribution in [2.75, 3.05) is 6.54 Å². The van der Waals surface area contributed by atoms with Crippen LogP contribution in [0.1, 0.15) is 43.6 Å². The van der Waals surface area contributed by atoms with Crippen LogP contribution < -0.4 is 11.1 Å². The molecule has 1 aliphatic rings. The summed E-state index contributed by atoms with van der Waals surface area (Å²) in [4.78, 5) is 16.2. The van der Waals surface area contributed by atoms with E-state index in [0.29, 0.717) is 30.7 Å². The van der Waals surface area contributed by atoms with Gasteiger partial charge in [0.15, 0.2) is 0 Å². The third kappa shape index (κ3) is 3.56. The Morgan fingerprint density at radius 1 is 1.47 bits per heavy atom. The highest BCUT2D eigenvalue weighted by Gasteiger charge is 2.26. The van der Waals surface area contributed by atoms with Crippen LogP contribution >= 0.6 is 0 Å². The summed E-state index contributed by atoms with van der Waals surface area (Å²) in [5.41, 5.74) is 5.96. The van der Waals surface area contributed by atoms with E-state index in [9.17, 15) is 4.79 Å². The van der Waals surface area contributed by atoms with Gasteiger partial charge in [-0.25, -0.2) is 4.98 Å². The zero-order valence-corrected chi connectivity index (χ0v) is 11.8. The van der Waals surface area contributed by atoms with Crippen molar-refractivity contribution in [3.63, 3.8) is 0 Å². The SMILES string of the molecule is CC1CCC(NC(=O)c2cn(CCN)cn2)CC1C. The first-order chi connectivity index (χ1) is 9.10. The van der Waals surface area contributed by atoms with Crippen molar-refractivity contribution >= 4 is 5.91 Å². The van der Waals surface area contributed by atoms with Crippen molar-refractivity contribution in [3.8, 4) is 0 Å². The smallest absolute Gasteiger partial charge is 0.271 e. The molecule has 19 heavy (non-hydrogen) atoms. The molecule has 1 amide bonds. The normalized spacial score (nSPS) is 27.2. The van der Waals surface area contributed by atoms with Crippen molar-refractivity contribution in [2.24, 2.45) is 17.6 Å². The van der Waals surface area contributed by atoms with E-state index in [-0.39, 0.29) is 5.91 Å². The highest BCUT2D eigenvalue weighted by molar-refractivity contribution is 5.92. The molecule has 1 saturated carbocycles. The fraction of sp³-hybridized carbons (Fsp3) is 0.714. The molecule has 3 atom stereocenters. The van der Waals surface area contributed by atoms with Crippen LogP contribution in [0, 0.1) is 11.8 Å². The maximum absolute atomic E-state index is 12.1. The minimum Gasteiger partial charge on any atom is -0.348 e. The summed E-state index contributed by atoms with van der Waals surface area (Å²) in [5, 5.41) is 3.10. The molecule has 0 radical (unpaired) electrons. The summed E-state index contributed by atoms with van der Waals surface area (Å²) in [6.07, 6.45) is 6.75. The molecule has 1 fully saturated rings. The van der Waals surface area contributed by atoms with Crippen molar-refractivity contribution in [3.05, 3.63) is 18.2 Å². The highest BCUT2D eigenvalue weighted by atomic mass is 16.2. The maximum atomic E-state index is 12.1. The molecule has 106 valence electrons. The van der Waals surface area contributed by atoms with Gasteiger partial charge in [0.2, 0.25) is 0 Å². The molecule has 0 bridgehead atoms. The van der Waals surface area contributed by atoms with Crippen molar-refractivity contribution in [1.29, 1.82) is 0 Å². The van der Waals surface area contributed by atoms with E-state index >= 15 is 0 Å². The van der Waals surface area contributed by atoms with E-state index in [2.05, 4.69) is 24.1 Å². The average molecular weight is 264 g/mol. The van der Waals surface area contributed by atoms with Crippen LogP contribution in [0.25, 0.3) is 0 Å². The Balaban J connectivity index is 1.89. The van der Waals surface area contributed by atoms with Gasteiger partial charge in [0.05, 0.1) is 6.33 Å². The summed E-state index contributed by atoms with van der Waals surface area (Å²) in [5.74, 6) is 1.37. The van der Waals surface area contributed by atoms with E-state index in [4.69, 9.17) is 5.73 Å². The Labute approximate surface area is 114 Å². The standard InChI is InChI=1S/C14H24N4O/c1-10-3-4-12(7-11(10)2)17-14(19)13-8-18(6-5-15)9-16-13/h8-12H,3-7,15H2,1-2H3,(H,17,19). The zero-order valence-electron chi connectivity index (χ0n) is 11.8. The second-order valence-electron chi connectivity index (χ2n) is 5.72. The number of carbonyl (C=O) groups is 1. The van der Waals surface area contributed by atoms with Crippen LogP contribution in [-0.2, 0) is 6.54 Å². The molecular formula is C14H24N4O. The number of rotatable bonds is 4. The number of nitrogens with zero attached hydrogens (tertiary/aromatic N) is 2. The van der Waals surface area contributed by atoms with Gasteiger partial charge in [0, 0.05) is 25.3 Å². The lowest BCUT2D eigenvalue weighted by Gasteiger charge is -2.32. The average Bonchev–Trinajstić information content (AvgIpc) is 2.83. The number of hydrogen-bond acceptors (Lipinski definition) is 3. The predicted octanol–water partition coefficient (Wildman–Crippen LogP) is 1.40. The van der Waals surface area contributed by atoms with Gasteiger partial charge in [-0.15, -0.1) is 0 Å². The Bertz CT molecular complexity index is 429. The highest BCUT2D eigenvalue weighted by Crippen LogP contribution is 2.29. The first-order valence-corrected chi connectivity index (χ1v) is 7.13. The summed E-state index contributed by atoms with van der Waals surface area (Å²) in [6.45, 7) is 5.80. The van der Waals surface area contributed by atoms with Crippen LogP contribution in [0.3, 0.4) is 0 Å². The molecule has 0 spiro atoms. The molecule has 1 aliphatic carbocycles. The quantitative estimate of drug-likeness (QED) is 0.863. The lowest BCUT2D eigenvalue weighted by molar-refractivity contribution is 0.0906. The first kappa shape index (κ1) is 14.1. The van der Waals surface area contributed by atoms with E-state index in [1.54, 1.807) is 12.5 Å². The van der Waals surface area contributed by atoms with Crippen molar-refractivity contribution < 1.29 is 4.79 Å². The van der Waals surface area contributed by atoms with Gasteiger partial charge in [-0.05, 0) is 31.1 Å². The maximum Gasteiger partial charge on any atom is 0.271 e. The summed E-state index contributed by atoms with van der Waals surface area (Å²) < 4.78 is 1.85. The second-order valence-corrected chi connectivity index (χ2v) is 5.72. The second kappa shape index (κ2) is 6.19. The third-order valence-electron chi connectivity index (χ3n) is 4.19. The number of hydrogen-bond donors (Lipinski definition) is 2. The summed E-state index contributed by atoms with van der Waals surface area (Å²) in [7, 11) is 0. The summed E-state index contributed by atoms with van der Waals surface area (Å²) >= 11 is 0. The monoisotopic (exact) mass is 264 g/mol. The molecule has 0 aliphatic heterocycles. The van der Waals surface area contributed by atoms with Gasteiger partial charge in [-0.2, -0.15) is 0 Å². The fourth-order valence-electron chi connectivity index (χ4n) is 2.69. The number of aromatic nitrogens is 2. The Kier molecular flexibility index (Phi) is 4.58. The molecular weight excluding hydrogens is 240 g/mol. The Morgan fingerprint density at radius 2 is 2.26 bits per heavy atom. The van der Waals surface area contributed by atoms with Gasteiger partial charge in [-0.1, -0.05) is 13.8 Å². The molecule has 1 aromatic heterocycles. The van der Waals surface area contributed by atoms with Crippen LogP contribution in [0.5, 0.6) is 0 Å². The largest absolute Gasteiger partial charge is 0.348 e. The topological polar surface area (TPSA) is 72.9 Å². The first-order valence-electron chi connectivity index (χ1n) is 7.13. The van der Waals surface area contributed by atoms with Crippen LogP contribution in [-0.4, -0.2) is 28.0 Å². The van der Waals surface area contributed by atoms with Gasteiger partial charge in [0.25, 0.3) is 5.91 Å². The van der Waals surface area contributed by atoms with E-state index in [1.165, 1.54) is 6.42 Å². The molecule has 0 saturated heterocycles. The number of nitrogens with one attached hydrogen (secondary N) is 1. The van der Waals surface area contributed by atoms with Gasteiger partial charge < -0.3 is 15.6 Å². The fourth-order valence-corrected chi connectivity index (χ4v) is 2.69. The number of imidazole rings is 1. The molecule has 1 heterocycles. The molecule has 2 rings (SSSR count). The van der Waals surface area contributed by atoms with Crippen molar-refractivity contribution in [2.45, 2.75) is 45.7 Å². The van der Waals surface area contributed by atoms with E-state index in [1.807, 2.05) is 4.57 Å². The molecule has 3 unspecified atom stereocenters. The van der Waals surface area contributed by atoms with Crippen LogP contribution in [0.4, 0.5) is 0 Å². The molecule has 3 N–H and O–H groups in total. The van der Waals surface area contributed by atoms with Gasteiger partial charge >= 0.3 is 0 Å². The Hall–Kier alpha value is -1.36. The third-order valence-corrected chi connectivity index (χ3v) is 4.19. The number of nitrogens with two attached hydrogens (primary N) is 1.